The number of likely N-dealkylation sites (N-methyl/N-ethyl adjacent to an activating group) is 1. The molecule has 0 saturated carbocycles. The Morgan fingerprint density at radius 2 is 1.96 bits per heavy atom. The van der Waals surface area contributed by atoms with Gasteiger partial charge in [-0.25, -0.2) is 0 Å². The number of carbonyl (C=O) groups excluding carboxylic acids is 1. The average Bonchev–Trinajstić information content (AvgIpc) is 2.55. The first kappa shape index (κ1) is 16.4. The number of aromatic nitrogens is 1. The molecule has 3 heterocycles. The highest BCUT2D eigenvalue weighted by Gasteiger charge is 2.49. The average molecular weight is 316 g/mol. The molecule has 1 aromatic rings. The third-order valence-corrected chi connectivity index (χ3v) is 5.50. The minimum atomic E-state index is -0.284. The molecule has 5 nitrogen and oxygen atoms in total. The summed E-state index contributed by atoms with van der Waals surface area (Å²) < 4.78 is 0. The van der Waals surface area contributed by atoms with Crippen LogP contribution in [0.15, 0.2) is 24.5 Å². The van der Waals surface area contributed by atoms with E-state index in [1.807, 2.05) is 18.5 Å². The van der Waals surface area contributed by atoms with Gasteiger partial charge in [-0.3, -0.25) is 19.6 Å². The molecule has 0 aliphatic carbocycles. The molecule has 0 radical (unpaired) electrons. The first-order valence-corrected chi connectivity index (χ1v) is 8.66. The number of rotatable bonds is 3. The number of carbonyl (C=O) groups is 1. The Morgan fingerprint density at radius 1 is 1.22 bits per heavy atom. The van der Waals surface area contributed by atoms with Gasteiger partial charge in [0.1, 0.15) is 5.54 Å². The van der Waals surface area contributed by atoms with E-state index in [0.717, 1.165) is 45.6 Å². The summed E-state index contributed by atoms with van der Waals surface area (Å²) >= 11 is 0. The molecule has 0 unspecified atom stereocenters. The highest BCUT2D eigenvalue weighted by atomic mass is 16.2. The van der Waals surface area contributed by atoms with Crippen molar-refractivity contribution in [3.63, 3.8) is 0 Å². The lowest BCUT2D eigenvalue weighted by molar-refractivity contribution is -0.156. The van der Waals surface area contributed by atoms with Crippen LogP contribution < -0.4 is 0 Å². The smallest absolute Gasteiger partial charge is 0.243 e. The van der Waals surface area contributed by atoms with Crippen molar-refractivity contribution < 1.29 is 4.79 Å². The number of hydrogen-bond donors (Lipinski definition) is 0. The van der Waals surface area contributed by atoms with E-state index in [-0.39, 0.29) is 5.54 Å². The first-order chi connectivity index (χ1) is 11.0. The van der Waals surface area contributed by atoms with E-state index in [1.165, 1.54) is 5.56 Å². The van der Waals surface area contributed by atoms with Crippen molar-refractivity contribution in [3.05, 3.63) is 30.1 Å². The molecule has 126 valence electrons. The van der Waals surface area contributed by atoms with Crippen LogP contribution in [0, 0.1) is 0 Å². The minimum absolute atomic E-state index is 0.284. The molecule has 2 aliphatic heterocycles. The van der Waals surface area contributed by atoms with Crippen molar-refractivity contribution in [1.29, 1.82) is 0 Å². The summed E-state index contributed by atoms with van der Waals surface area (Å²) in [7, 11) is 2.12. The summed E-state index contributed by atoms with van der Waals surface area (Å²) in [5, 5.41) is 0. The molecule has 2 fully saturated rings. The van der Waals surface area contributed by atoms with Gasteiger partial charge in [0.15, 0.2) is 0 Å². The largest absolute Gasteiger partial charge is 0.337 e. The van der Waals surface area contributed by atoms with Gasteiger partial charge in [0.2, 0.25) is 5.91 Å². The summed E-state index contributed by atoms with van der Waals surface area (Å²) in [5.74, 6) is 0.335. The Bertz CT molecular complexity index is 537. The molecule has 23 heavy (non-hydrogen) atoms. The van der Waals surface area contributed by atoms with Gasteiger partial charge in [-0.15, -0.1) is 0 Å². The zero-order valence-corrected chi connectivity index (χ0v) is 14.5. The van der Waals surface area contributed by atoms with Crippen LogP contribution >= 0.6 is 0 Å². The third kappa shape index (κ3) is 3.12. The van der Waals surface area contributed by atoms with Gasteiger partial charge in [-0.1, -0.05) is 6.07 Å². The Balaban J connectivity index is 1.67. The van der Waals surface area contributed by atoms with Crippen LogP contribution in [0.4, 0.5) is 0 Å². The van der Waals surface area contributed by atoms with Crippen LogP contribution in [0.5, 0.6) is 0 Å². The topological polar surface area (TPSA) is 39.7 Å². The molecule has 2 saturated heterocycles. The van der Waals surface area contributed by atoms with Crippen molar-refractivity contribution in [2.75, 3.05) is 33.2 Å². The molecule has 1 amide bonds. The van der Waals surface area contributed by atoms with Gasteiger partial charge in [0, 0.05) is 51.2 Å². The van der Waals surface area contributed by atoms with Crippen molar-refractivity contribution in [3.8, 4) is 0 Å². The number of pyridine rings is 1. The molecule has 2 aliphatic rings. The van der Waals surface area contributed by atoms with E-state index >= 15 is 0 Å². The number of amides is 1. The molecule has 5 heteroatoms. The highest BCUT2D eigenvalue weighted by molar-refractivity contribution is 5.87. The first-order valence-electron chi connectivity index (χ1n) is 8.66. The van der Waals surface area contributed by atoms with Crippen LogP contribution in [0.25, 0.3) is 0 Å². The fourth-order valence-electron chi connectivity index (χ4n) is 3.92. The minimum Gasteiger partial charge on any atom is -0.337 e. The number of nitrogens with zero attached hydrogens (tertiary/aromatic N) is 4. The van der Waals surface area contributed by atoms with Crippen LogP contribution in [0.2, 0.25) is 0 Å². The van der Waals surface area contributed by atoms with Crippen molar-refractivity contribution >= 4 is 5.91 Å². The highest BCUT2D eigenvalue weighted by Crippen LogP contribution is 2.33. The Morgan fingerprint density at radius 3 is 2.57 bits per heavy atom. The lowest BCUT2D eigenvalue weighted by atomic mass is 9.82. The van der Waals surface area contributed by atoms with E-state index in [2.05, 4.69) is 46.6 Å². The standard InChI is InChI=1S/C18H28N4O/c1-15(2)22-12-11-20(3)18(17(22)23)6-9-21(10-7-18)14-16-5-4-8-19-13-16/h4-5,8,13,15H,6-7,9-12,14H2,1-3H3. The van der Waals surface area contributed by atoms with E-state index < -0.39 is 0 Å². The van der Waals surface area contributed by atoms with Crippen molar-refractivity contribution in [1.82, 2.24) is 19.7 Å². The Hall–Kier alpha value is -1.46. The monoisotopic (exact) mass is 316 g/mol. The third-order valence-electron chi connectivity index (χ3n) is 5.50. The van der Waals surface area contributed by atoms with Gasteiger partial charge in [-0.2, -0.15) is 0 Å². The van der Waals surface area contributed by atoms with Gasteiger partial charge in [0.05, 0.1) is 0 Å². The Kier molecular flexibility index (Phi) is 4.69. The van der Waals surface area contributed by atoms with Crippen molar-refractivity contribution in [2.24, 2.45) is 0 Å². The summed E-state index contributed by atoms with van der Waals surface area (Å²) in [4.78, 5) is 24.1. The number of piperidine rings is 1. The summed E-state index contributed by atoms with van der Waals surface area (Å²) in [5.41, 5.74) is 0.962. The zero-order chi connectivity index (χ0) is 16.4. The molecule has 0 N–H and O–H groups in total. The number of hydrogen-bond acceptors (Lipinski definition) is 4. The maximum atomic E-state index is 13.1. The molecular formula is C18H28N4O. The normalized spacial score (nSPS) is 23.0. The van der Waals surface area contributed by atoms with Crippen LogP contribution in [0.1, 0.15) is 32.3 Å². The fourth-order valence-corrected chi connectivity index (χ4v) is 3.92. The van der Waals surface area contributed by atoms with E-state index in [9.17, 15) is 4.79 Å². The molecule has 3 rings (SSSR count). The quantitative estimate of drug-likeness (QED) is 0.849. The fraction of sp³-hybridized carbons (Fsp3) is 0.667. The second kappa shape index (κ2) is 6.57. The molecule has 0 bridgehead atoms. The van der Waals surface area contributed by atoms with Gasteiger partial charge in [0.25, 0.3) is 0 Å². The molecule has 1 spiro atoms. The Labute approximate surface area is 139 Å². The van der Waals surface area contributed by atoms with Crippen LogP contribution in [0.3, 0.4) is 0 Å². The second-order valence-corrected chi connectivity index (χ2v) is 7.18. The second-order valence-electron chi connectivity index (χ2n) is 7.18. The van der Waals surface area contributed by atoms with Crippen molar-refractivity contribution in [2.45, 2.75) is 44.8 Å². The zero-order valence-electron chi connectivity index (χ0n) is 14.5. The number of likely N-dealkylation sites (tertiary alicyclic amines) is 1. The lowest BCUT2D eigenvalue weighted by Gasteiger charge is -2.52. The summed E-state index contributed by atoms with van der Waals surface area (Å²) in [6, 6.07) is 4.40. The molecule has 1 aromatic heterocycles. The molecule has 0 atom stereocenters. The van der Waals surface area contributed by atoms with Crippen LogP contribution in [-0.2, 0) is 11.3 Å². The summed E-state index contributed by atoms with van der Waals surface area (Å²) in [6.45, 7) is 8.94. The SMILES string of the molecule is CC(C)N1CCN(C)C2(CCN(Cc3cccnc3)CC2)C1=O. The van der Waals surface area contributed by atoms with E-state index in [4.69, 9.17) is 0 Å². The van der Waals surface area contributed by atoms with Gasteiger partial charge < -0.3 is 4.90 Å². The maximum Gasteiger partial charge on any atom is 0.243 e. The lowest BCUT2D eigenvalue weighted by Crippen LogP contribution is -2.68. The van der Waals surface area contributed by atoms with E-state index in [0.29, 0.717) is 11.9 Å². The number of piperazine rings is 1. The van der Waals surface area contributed by atoms with Gasteiger partial charge >= 0.3 is 0 Å². The predicted molar refractivity (Wildman–Crippen MR) is 91.0 cm³/mol. The molecular weight excluding hydrogens is 288 g/mol. The van der Waals surface area contributed by atoms with Crippen LogP contribution in [-0.4, -0.2) is 70.4 Å². The maximum absolute atomic E-state index is 13.1. The predicted octanol–water partition coefficient (Wildman–Crippen LogP) is 1.60. The molecule has 0 aromatic carbocycles. The summed E-state index contributed by atoms with van der Waals surface area (Å²) in [6.07, 6.45) is 5.59. The van der Waals surface area contributed by atoms with E-state index in [1.54, 1.807) is 0 Å². The van der Waals surface area contributed by atoms with Gasteiger partial charge in [-0.05, 0) is 45.4 Å².